The van der Waals surface area contributed by atoms with Crippen molar-refractivity contribution in [3.63, 3.8) is 0 Å². The quantitative estimate of drug-likeness (QED) is 0.867. The highest BCUT2D eigenvalue weighted by molar-refractivity contribution is 7.12. The molecule has 1 spiro atoms. The number of aliphatic hydroxyl groups excluding tert-OH is 1. The van der Waals surface area contributed by atoms with Gasteiger partial charge in [0.1, 0.15) is 6.10 Å². The lowest BCUT2D eigenvalue weighted by Gasteiger charge is -2.44. The maximum Gasteiger partial charge on any atom is 0.247 e. The van der Waals surface area contributed by atoms with Crippen molar-refractivity contribution >= 4 is 17.2 Å². The van der Waals surface area contributed by atoms with Crippen molar-refractivity contribution in [2.24, 2.45) is 5.73 Å². The second kappa shape index (κ2) is 6.28. The molecule has 1 amide bonds. The summed E-state index contributed by atoms with van der Waals surface area (Å²) in [5, 5.41) is 9.63. The molecule has 3 heterocycles. The van der Waals surface area contributed by atoms with Crippen LogP contribution in [-0.2, 0) is 28.0 Å². The molecular formula is C16H24N2O3S. The molecule has 5 nitrogen and oxygen atoms in total. The number of aryl methyl sites for hydroxylation is 1. The highest BCUT2D eigenvalue weighted by atomic mass is 32.1. The summed E-state index contributed by atoms with van der Waals surface area (Å²) in [5.74, 6) is -0.651. The SMILES string of the molecule is CCc1cc2c(s1)CCOC21CCN(CC(O)C(N)=O)CC1. The van der Waals surface area contributed by atoms with E-state index in [2.05, 4.69) is 17.9 Å². The first-order valence-electron chi connectivity index (χ1n) is 8.00. The molecule has 0 bridgehead atoms. The average molecular weight is 324 g/mol. The number of piperidine rings is 1. The van der Waals surface area contributed by atoms with Crippen LogP contribution >= 0.6 is 11.3 Å². The Morgan fingerprint density at radius 2 is 2.27 bits per heavy atom. The number of primary amides is 1. The Morgan fingerprint density at radius 1 is 1.55 bits per heavy atom. The molecule has 0 aliphatic carbocycles. The topological polar surface area (TPSA) is 75.8 Å². The summed E-state index contributed by atoms with van der Waals surface area (Å²) >= 11 is 1.92. The molecule has 3 N–H and O–H groups in total. The van der Waals surface area contributed by atoms with Crippen LogP contribution in [0.3, 0.4) is 0 Å². The molecule has 1 fully saturated rings. The Balaban J connectivity index is 1.70. The fourth-order valence-corrected chi connectivity index (χ4v) is 4.67. The molecule has 122 valence electrons. The highest BCUT2D eigenvalue weighted by Gasteiger charge is 2.42. The Bertz CT molecular complexity index is 550. The van der Waals surface area contributed by atoms with Crippen molar-refractivity contribution in [2.75, 3.05) is 26.2 Å². The molecular weight excluding hydrogens is 300 g/mol. The standard InChI is InChI=1S/C16H24N2O3S/c1-2-11-9-12-14(22-11)3-8-21-16(12)4-6-18(7-5-16)10-13(19)15(17)20/h9,13,19H,2-8,10H2,1H3,(H2,17,20). The summed E-state index contributed by atoms with van der Waals surface area (Å²) in [6.07, 6.45) is 2.83. The number of likely N-dealkylation sites (tertiary alicyclic amines) is 1. The number of carbonyl (C=O) groups excluding carboxylic acids is 1. The predicted molar refractivity (Wildman–Crippen MR) is 85.9 cm³/mol. The molecule has 2 aliphatic rings. The molecule has 3 rings (SSSR count). The van der Waals surface area contributed by atoms with Crippen molar-refractivity contribution in [3.05, 3.63) is 21.4 Å². The summed E-state index contributed by atoms with van der Waals surface area (Å²) in [4.78, 5) is 16.0. The minimum Gasteiger partial charge on any atom is -0.382 e. The molecule has 6 heteroatoms. The number of fused-ring (bicyclic) bond motifs is 2. The molecule has 1 aromatic rings. The van der Waals surface area contributed by atoms with Gasteiger partial charge in [0.15, 0.2) is 0 Å². The number of nitrogens with zero attached hydrogens (tertiary/aromatic N) is 1. The molecule has 2 aliphatic heterocycles. The van der Waals surface area contributed by atoms with Gasteiger partial charge in [0, 0.05) is 35.8 Å². The number of aliphatic hydroxyl groups is 1. The first kappa shape index (κ1) is 15.9. The van der Waals surface area contributed by atoms with E-state index in [1.54, 1.807) is 0 Å². The molecule has 1 unspecified atom stereocenters. The van der Waals surface area contributed by atoms with Crippen LogP contribution in [-0.4, -0.2) is 48.3 Å². The maximum atomic E-state index is 11.0. The minimum atomic E-state index is -1.08. The lowest BCUT2D eigenvalue weighted by molar-refractivity contribution is -0.128. The minimum absolute atomic E-state index is 0.161. The molecule has 1 atom stereocenters. The number of amides is 1. The molecule has 22 heavy (non-hydrogen) atoms. The van der Waals surface area contributed by atoms with Crippen molar-refractivity contribution in [1.29, 1.82) is 0 Å². The average Bonchev–Trinajstić information content (AvgIpc) is 2.94. The first-order chi connectivity index (χ1) is 10.5. The van der Waals surface area contributed by atoms with E-state index in [-0.39, 0.29) is 5.60 Å². The monoisotopic (exact) mass is 324 g/mol. The van der Waals surface area contributed by atoms with E-state index >= 15 is 0 Å². The summed E-state index contributed by atoms with van der Waals surface area (Å²) in [7, 11) is 0. The van der Waals surface area contributed by atoms with E-state index in [4.69, 9.17) is 10.5 Å². The smallest absolute Gasteiger partial charge is 0.247 e. The zero-order valence-electron chi connectivity index (χ0n) is 13.0. The second-order valence-corrected chi connectivity index (χ2v) is 7.44. The van der Waals surface area contributed by atoms with Gasteiger partial charge in [0.05, 0.1) is 12.2 Å². The van der Waals surface area contributed by atoms with Gasteiger partial charge in [-0.15, -0.1) is 11.3 Å². The zero-order chi connectivity index (χ0) is 15.7. The Morgan fingerprint density at radius 3 is 2.91 bits per heavy atom. The van der Waals surface area contributed by atoms with Gasteiger partial charge in [-0.3, -0.25) is 9.69 Å². The molecule has 0 aromatic carbocycles. The molecule has 1 saturated heterocycles. The van der Waals surface area contributed by atoms with Crippen LogP contribution in [0.25, 0.3) is 0 Å². The van der Waals surface area contributed by atoms with E-state index in [1.807, 2.05) is 11.3 Å². The van der Waals surface area contributed by atoms with Gasteiger partial charge >= 0.3 is 0 Å². The Kier molecular flexibility index (Phi) is 4.54. The van der Waals surface area contributed by atoms with Crippen molar-refractivity contribution in [3.8, 4) is 0 Å². The van der Waals surface area contributed by atoms with Crippen molar-refractivity contribution in [2.45, 2.75) is 44.3 Å². The van der Waals surface area contributed by atoms with Crippen LogP contribution in [0.15, 0.2) is 6.07 Å². The van der Waals surface area contributed by atoms with Crippen LogP contribution in [0, 0.1) is 0 Å². The van der Waals surface area contributed by atoms with Crippen LogP contribution < -0.4 is 5.73 Å². The third-order valence-corrected chi connectivity index (χ3v) is 6.17. The van der Waals surface area contributed by atoms with Crippen LogP contribution in [0.5, 0.6) is 0 Å². The highest BCUT2D eigenvalue weighted by Crippen LogP contribution is 2.44. The lowest BCUT2D eigenvalue weighted by Crippen LogP contribution is -2.49. The largest absolute Gasteiger partial charge is 0.382 e. The zero-order valence-corrected chi connectivity index (χ0v) is 13.8. The van der Waals surface area contributed by atoms with Crippen LogP contribution in [0.2, 0.25) is 0 Å². The van der Waals surface area contributed by atoms with Crippen LogP contribution in [0.4, 0.5) is 0 Å². The Hall–Kier alpha value is -0.950. The van der Waals surface area contributed by atoms with Gasteiger partial charge in [-0.05, 0) is 30.9 Å². The van der Waals surface area contributed by atoms with Crippen LogP contribution in [0.1, 0.15) is 35.1 Å². The van der Waals surface area contributed by atoms with E-state index < -0.39 is 12.0 Å². The van der Waals surface area contributed by atoms with Gasteiger partial charge in [-0.25, -0.2) is 0 Å². The second-order valence-electron chi connectivity index (χ2n) is 6.21. The fraction of sp³-hybridized carbons (Fsp3) is 0.688. The summed E-state index contributed by atoms with van der Waals surface area (Å²) in [5.41, 5.74) is 6.36. The van der Waals surface area contributed by atoms with Gasteiger partial charge in [-0.1, -0.05) is 6.92 Å². The van der Waals surface area contributed by atoms with E-state index in [1.165, 1.54) is 15.3 Å². The third kappa shape index (κ3) is 2.93. The summed E-state index contributed by atoms with van der Waals surface area (Å²) < 4.78 is 6.22. The number of nitrogens with two attached hydrogens (primary N) is 1. The number of carbonyl (C=O) groups is 1. The summed E-state index contributed by atoms with van der Waals surface area (Å²) in [6.45, 7) is 4.95. The molecule has 0 saturated carbocycles. The molecule has 0 radical (unpaired) electrons. The lowest BCUT2D eigenvalue weighted by atomic mass is 9.82. The van der Waals surface area contributed by atoms with Gasteiger partial charge in [-0.2, -0.15) is 0 Å². The molecule has 1 aromatic heterocycles. The fourth-order valence-electron chi connectivity index (χ4n) is 3.49. The summed E-state index contributed by atoms with van der Waals surface area (Å²) in [6, 6.07) is 2.33. The predicted octanol–water partition coefficient (Wildman–Crippen LogP) is 1.02. The van der Waals surface area contributed by atoms with E-state index in [0.717, 1.165) is 45.4 Å². The number of hydrogen-bond donors (Lipinski definition) is 2. The van der Waals surface area contributed by atoms with Gasteiger partial charge in [0.25, 0.3) is 0 Å². The normalized spacial score (nSPS) is 22.5. The van der Waals surface area contributed by atoms with Gasteiger partial charge < -0.3 is 15.6 Å². The number of thiophene rings is 1. The number of β-amino-alcohol motifs (C(OH)–C–C–N with tert-alkyl or cyclic N) is 1. The Labute approximate surface area is 135 Å². The number of rotatable bonds is 4. The first-order valence-corrected chi connectivity index (χ1v) is 8.81. The van der Waals surface area contributed by atoms with E-state index in [9.17, 15) is 9.90 Å². The number of ether oxygens (including phenoxy) is 1. The maximum absolute atomic E-state index is 11.0. The van der Waals surface area contributed by atoms with Crippen molar-refractivity contribution in [1.82, 2.24) is 4.90 Å². The van der Waals surface area contributed by atoms with Gasteiger partial charge in [0.2, 0.25) is 5.91 Å². The third-order valence-electron chi connectivity index (χ3n) is 4.83. The number of hydrogen-bond acceptors (Lipinski definition) is 5. The van der Waals surface area contributed by atoms with E-state index in [0.29, 0.717) is 6.54 Å². The van der Waals surface area contributed by atoms with Crippen molar-refractivity contribution < 1.29 is 14.6 Å².